The van der Waals surface area contributed by atoms with Crippen molar-refractivity contribution in [3.05, 3.63) is 23.4 Å². The normalized spacial score (nSPS) is 19.4. The molecule has 0 spiro atoms. The molecule has 0 bridgehead atoms. The molecule has 94 valence electrons. The van der Waals surface area contributed by atoms with Gasteiger partial charge in [-0.2, -0.15) is 0 Å². The van der Waals surface area contributed by atoms with E-state index in [1.807, 2.05) is 6.20 Å². The standard InChI is InChI=1S/C13H19BrN2O/c1-10-6-11(7-14)8-15-12(10)16-4-5-17-9-13(16,2)3/h6,8H,4-5,7,9H2,1-3H3. The van der Waals surface area contributed by atoms with Crippen molar-refractivity contribution in [3.63, 3.8) is 0 Å². The molecule has 1 aliphatic rings. The van der Waals surface area contributed by atoms with E-state index in [0.29, 0.717) is 0 Å². The Bertz CT molecular complexity index is 406. The number of pyridine rings is 1. The maximum atomic E-state index is 5.54. The number of hydrogen-bond donors (Lipinski definition) is 0. The molecular formula is C13H19BrN2O. The first-order chi connectivity index (χ1) is 8.04. The zero-order valence-corrected chi connectivity index (χ0v) is 12.2. The van der Waals surface area contributed by atoms with Crippen molar-refractivity contribution >= 4 is 21.7 Å². The number of morpholine rings is 1. The Morgan fingerprint density at radius 3 is 2.88 bits per heavy atom. The minimum Gasteiger partial charge on any atom is -0.377 e. The van der Waals surface area contributed by atoms with Gasteiger partial charge in [0.05, 0.1) is 18.8 Å². The van der Waals surface area contributed by atoms with E-state index in [4.69, 9.17) is 4.74 Å². The van der Waals surface area contributed by atoms with Gasteiger partial charge in [-0.3, -0.25) is 0 Å². The topological polar surface area (TPSA) is 25.4 Å². The highest BCUT2D eigenvalue weighted by Gasteiger charge is 2.32. The Morgan fingerprint density at radius 1 is 1.53 bits per heavy atom. The number of alkyl halides is 1. The van der Waals surface area contributed by atoms with Crippen molar-refractivity contribution in [2.75, 3.05) is 24.7 Å². The van der Waals surface area contributed by atoms with Crippen LogP contribution < -0.4 is 4.90 Å². The highest BCUT2D eigenvalue weighted by molar-refractivity contribution is 9.08. The van der Waals surface area contributed by atoms with Gasteiger partial charge in [-0.05, 0) is 31.9 Å². The van der Waals surface area contributed by atoms with Gasteiger partial charge in [-0.25, -0.2) is 4.98 Å². The Labute approximate surface area is 111 Å². The van der Waals surface area contributed by atoms with E-state index >= 15 is 0 Å². The van der Waals surface area contributed by atoms with Crippen LogP contribution in [0.4, 0.5) is 5.82 Å². The number of halogens is 1. The molecule has 0 saturated carbocycles. The van der Waals surface area contributed by atoms with Crippen LogP contribution in [0.15, 0.2) is 12.3 Å². The lowest BCUT2D eigenvalue weighted by Crippen LogP contribution is -2.53. The molecule has 2 rings (SSSR count). The van der Waals surface area contributed by atoms with Gasteiger partial charge in [-0.1, -0.05) is 22.0 Å². The molecule has 1 aromatic heterocycles. The highest BCUT2D eigenvalue weighted by atomic mass is 79.9. The van der Waals surface area contributed by atoms with E-state index in [1.165, 1.54) is 11.1 Å². The summed E-state index contributed by atoms with van der Waals surface area (Å²) in [4.78, 5) is 6.96. The second-order valence-electron chi connectivity index (χ2n) is 5.13. The smallest absolute Gasteiger partial charge is 0.132 e. The van der Waals surface area contributed by atoms with Gasteiger partial charge in [-0.15, -0.1) is 0 Å². The van der Waals surface area contributed by atoms with Crippen LogP contribution in [-0.2, 0) is 10.1 Å². The Balaban J connectivity index is 2.32. The fourth-order valence-electron chi connectivity index (χ4n) is 2.23. The molecule has 0 atom stereocenters. The van der Waals surface area contributed by atoms with Gasteiger partial charge < -0.3 is 9.64 Å². The SMILES string of the molecule is Cc1cc(CBr)cnc1N1CCOCC1(C)C. The van der Waals surface area contributed by atoms with Gasteiger partial charge in [0.25, 0.3) is 0 Å². The summed E-state index contributed by atoms with van der Waals surface area (Å²) in [6, 6.07) is 2.20. The van der Waals surface area contributed by atoms with E-state index in [0.717, 1.165) is 30.9 Å². The quantitative estimate of drug-likeness (QED) is 0.785. The maximum absolute atomic E-state index is 5.54. The van der Waals surface area contributed by atoms with Crippen molar-refractivity contribution < 1.29 is 4.74 Å². The molecule has 0 aromatic carbocycles. The molecule has 0 aliphatic carbocycles. The predicted octanol–water partition coefficient (Wildman–Crippen LogP) is 2.90. The number of anilines is 1. The first kappa shape index (κ1) is 12.8. The third-order valence-electron chi connectivity index (χ3n) is 3.16. The first-order valence-electron chi connectivity index (χ1n) is 5.91. The van der Waals surface area contributed by atoms with E-state index < -0.39 is 0 Å². The number of ether oxygens (including phenoxy) is 1. The van der Waals surface area contributed by atoms with Gasteiger partial charge in [0.15, 0.2) is 0 Å². The molecule has 0 amide bonds. The summed E-state index contributed by atoms with van der Waals surface area (Å²) < 4.78 is 5.54. The molecule has 1 aromatic rings. The minimum absolute atomic E-state index is 0.0198. The summed E-state index contributed by atoms with van der Waals surface area (Å²) in [6.07, 6.45) is 1.95. The van der Waals surface area contributed by atoms with Crippen molar-refractivity contribution in [2.45, 2.75) is 31.6 Å². The summed E-state index contributed by atoms with van der Waals surface area (Å²) >= 11 is 3.46. The molecule has 3 nitrogen and oxygen atoms in total. The Kier molecular flexibility index (Phi) is 3.73. The van der Waals surface area contributed by atoms with Crippen LogP contribution >= 0.6 is 15.9 Å². The van der Waals surface area contributed by atoms with Gasteiger partial charge >= 0.3 is 0 Å². The molecule has 4 heteroatoms. The van der Waals surface area contributed by atoms with Gasteiger partial charge in [0.2, 0.25) is 0 Å². The van der Waals surface area contributed by atoms with E-state index in [9.17, 15) is 0 Å². The van der Waals surface area contributed by atoms with Crippen molar-refractivity contribution in [1.82, 2.24) is 4.98 Å². The number of aryl methyl sites for hydroxylation is 1. The van der Waals surface area contributed by atoms with Crippen molar-refractivity contribution in [2.24, 2.45) is 0 Å². The molecule has 0 radical (unpaired) electrons. The van der Waals surface area contributed by atoms with Crippen molar-refractivity contribution in [3.8, 4) is 0 Å². The lowest BCUT2D eigenvalue weighted by atomic mass is 10.0. The molecule has 1 fully saturated rings. The largest absolute Gasteiger partial charge is 0.377 e. The maximum Gasteiger partial charge on any atom is 0.132 e. The third kappa shape index (κ3) is 2.63. The number of hydrogen-bond acceptors (Lipinski definition) is 3. The molecule has 0 N–H and O–H groups in total. The monoisotopic (exact) mass is 298 g/mol. The lowest BCUT2D eigenvalue weighted by molar-refractivity contribution is 0.0638. The second-order valence-corrected chi connectivity index (χ2v) is 5.70. The van der Waals surface area contributed by atoms with E-state index in [1.54, 1.807) is 0 Å². The predicted molar refractivity (Wildman–Crippen MR) is 73.8 cm³/mol. The second kappa shape index (κ2) is 4.94. The lowest BCUT2D eigenvalue weighted by Gasteiger charge is -2.43. The fraction of sp³-hybridized carbons (Fsp3) is 0.615. The Hall–Kier alpha value is -0.610. The summed E-state index contributed by atoms with van der Waals surface area (Å²) in [5.41, 5.74) is 2.47. The molecule has 1 aliphatic heterocycles. The molecule has 2 heterocycles. The Morgan fingerprint density at radius 2 is 2.29 bits per heavy atom. The number of rotatable bonds is 2. The fourth-order valence-corrected chi connectivity index (χ4v) is 2.54. The molecule has 17 heavy (non-hydrogen) atoms. The van der Waals surface area contributed by atoms with Gasteiger partial charge in [0, 0.05) is 18.1 Å². The van der Waals surface area contributed by atoms with Crippen LogP contribution in [0, 0.1) is 6.92 Å². The average Bonchev–Trinajstić information content (AvgIpc) is 2.29. The molecule has 0 unspecified atom stereocenters. The van der Waals surface area contributed by atoms with Crippen LogP contribution in [0.3, 0.4) is 0 Å². The molecule has 1 saturated heterocycles. The first-order valence-corrected chi connectivity index (χ1v) is 7.03. The summed E-state index contributed by atoms with van der Waals surface area (Å²) in [7, 11) is 0. The van der Waals surface area contributed by atoms with Crippen LogP contribution in [-0.4, -0.2) is 30.3 Å². The molecular weight excluding hydrogens is 280 g/mol. The zero-order chi connectivity index (χ0) is 12.5. The number of aromatic nitrogens is 1. The minimum atomic E-state index is 0.0198. The van der Waals surface area contributed by atoms with E-state index in [2.05, 4.69) is 52.7 Å². The van der Waals surface area contributed by atoms with Gasteiger partial charge in [0.1, 0.15) is 5.82 Å². The van der Waals surface area contributed by atoms with Crippen LogP contribution in [0.1, 0.15) is 25.0 Å². The average molecular weight is 299 g/mol. The third-order valence-corrected chi connectivity index (χ3v) is 3.81. The van der Waals surface area contributed by atoms with Crippen LogP contribution in [0.2, 0.25) is 0 Å². The summed E-state index contributed by atoms with van der Waals surface area (Å²) in [5, 5.41) is 0.855. The van der Waals surface area contributed by atoms with Crippen molar-refractivity contribution in [1.29, 1.82) is 0 Å². The highest BCUT2D eigenvalue weighted by Crippen LogP contribution is 2.28. The summed E-state index contributed by atoms with van der Waals surface area (Å²) in [5.74, 6) is 1.09. The number of nitrogens with zero attached hydrogens (tertiary/aromatic N) is 2. The van der Waals surface area contributed by atoms with Crippen LogP contribution in [0.5, 0.6) is 0 Å². The van der Waals surface area contributed by atoms with E-state index in [-0.39, 0.29) is 5.54 Å². The zero-order valence-electron chi connectivity index (χ0n) is 10.7. The summed E-state index contributed by atoms with van der Waals surface area (Å²) in [6.45, 7) is 8.98. The van der Waals surface area contributed by atoms with Crippen LogP contribution in [0.25, 0.3) is 0 Å².